The molecule has 1 saturated carbocycles. The molecular formula is C15H27NO3. The lowest BCUT2D eigenvalue weighted by Gasteiger charge is -2.24. The highest BCUT2D eigenvalue weighted by atomic mass is 16.4. The van der Waals surface area contributed by atoms with Crippen molar-refractivity contribution in [1.29, 1.82) is 0 Å². The second-order valence-electron chi connectivity index (χ2n) is 6.01. The number of nitrogens with one attached hydrogen (secondary N) is 1. The van der Waals surface area contributed by atoms with Gasteiger partial charge in [0, 0.05) is 18.9 Å². The summed E-state index contributed by atoms with van der Waals surface area (Å²) >= 11 is 0. The van der Waals surface area contributed by atoms with Crippen LogP contribution >= 0.6 is 0 Å². The Balaban J connectivity index is 2.31. The van der Waals surface area contributed by atoms with Crippen LogP contribution < -0.4 is 5.32 Å². The van der Waals surface area contributed by atoms with E-state index in [9.17, 15) is 9.59 Å². The summed E-state index contributed by atoms with van der Waals surface area (Å²) in [5, 5.41) is 11.7. The summed E-state index contributed by atoms with van der Waals surface area (Å²) in [6, 6.07) is 0.211. The fourth-order valence-electron chi connectivity index (χ4n) is 2.93. The Morgan fingerprint density at radius 1 is 1.11 bits per heavy atom. The molecule has 0 bridgehead atoms. The number of carboxylic acid groups (broad SMARTS) is 1. The van der Waals surface area contributed by atoms with Gasteiger partial charge in [-0.2, -0.15) is 0 Å². The molecule has 110 valence electrons. The first-order valence-corrected chi connectivity index (χ1v) is 7.50. The fourth-order valence-corrected chi connectivity index (χ4v) is 2.93. The molecule has 0 aliphatic heterocycles. The van der Waals surface area contributed by atoms with Crippen LogP contribution in [0.5, 0.6) is 0 Å². The maximum Gasteiger partial charge on any atom is 0.303 e. The molecule has 1 fully saturated rings. The summed E-state index contributed by atoms with van der Waals surface area (Å²) in [7, 11) is 0. The number of carboxylic acids is 1. The van der Waals surface area contributed by atoms with E-state index >= 15 is 0 Å². The zero-order valence-electron chi connectivity index (χ0n) is 12.2. The molecule has 0 aromatic carbocycles. The number of carbonyl (C=O) groups excluding carboxylic acids is 1. The quantitative estimate of drug-likeness (QED) is 0.728. The van der Waals surface area contributed by atoms with Crippen LogP contribution in [-0.2, 0) is 9.59 Å². The van der Waals surface area contributed by atoms with Crippen LogP contribution in [0.2, 0.25) is 0 Å². The third-order valence-corrected chi connectivity index (χ3v) is 4.05. The first-order chi connectivity index (χ1) is 8.99. The monoisotopic (exact) mass is 269 g/mol. The highest BCUT2D eigenvalue weighted by Crippen LogP contribution is 2.25. The molecule has 0 heterocycles. The largest absolute Gasteiger partial charge is 0.481 e. The van der Waals surface area contributed by atoms with E-state index in [0.29, 0.717) is 12.3 Å². The second-order valence-corrected chi connectivity index (χ2v) is 6.01. The van der Waals surface area contributed by atoms with Gasteiger partial charge in [0.15, 0.2) is 0 Å². The van der Waals surface area contributed by atoms with Crippen molar-refractivity contribution in [3.05, 3.63) is 0 Å². The third kappa shape index (κ3) is 6.60. The molecule has 0 spiro atoms. The lowest BCUT2D eigenvalue weighted by Crippen LogP contribution is -2.38. The molecule has 0 aromatic heterocycles. The number of hydrogen-bond donors (Lipinski definition) is 2. The number of rotatable bonds is 6. The maximum absolute atomic E-state index is 11.9. The Morgan fingerprint density at radius 3 is 2.21 bits per heavy atom. The first-order valence-electron chi connectivity index (χ1n) is 7.50. The molecule has 2 N–H and O–H groups in total. The Labute approximate surface area is 116 Å². The van der Waals surface area contributed by atoms with Gasteiger partial charge in [0.1, 0.15) is 0 Å². The van der Waals surface area contributed by atoms with Crippen LogP contribution in [0.3, 0.4) is 0 Å². The van der Waals surface area contributed by atoms with Crippen molar-refractivity contribution in [2.75, 3.05) is 0 Å². The molecule has 0 radical (unpaired) electrons. The van der Waals surface area contributed by atoms with Crippen molar-refractivity contribution >= 4 is 11.9 Å². The molecule has 4 nitrogen and oxygen atoms in total. The second kappa shape index (κ2) is 8.18. The highest BCUT2D eigenvalue weighted by molar-refractivity contribution is 5.77. The molecule has 19 heavy (non-hydrogen) atoms. The van der Waals surface area contributed by atoms with E-state index in [2.05, 4.69) is 12.2 Å². The molecule has 1 rings (SSSR count). The minimum atomic E-state index is -0.836. The summed E-state index contributed by atoms with van der Waals surface area (Å²) in [5.74, 6) is -0.359. The molecule has 4 heteroatoms. The Bertz CT molecular complexity index is 296. The maximum atomic E-state index is 11.9. The van der Waals surface area contributed by atoms with E-state index in [1.54, 1.807) is 0 Å². The van der Waals surface area contributed by atoms with Gasteiger partial charge in [-0.3, -0.25) is 9.59 Å². The summed E-state index contributed by atoms with van der Waals surface area (Å²) in [6.45, 7) is 3.89. The van der Waals surface area contributed by atoms with Crippen LogP contribution in [0.25, 0.3) is 0 Å². The standard InChI is InChI=1S/C15H27NO3/c1-11(10-15(18)19)9-14(17)16-12(2)13-7-5-3-4-6-8-13/h11-13H,3-10H2,1-2H3,(H,16,17)(H,18,19)/t11?,12-/m1/s1. The minimum absolute atomic E-state index is 0.00880. The molecule has 0 saturated heterocycles. The molecule has 1 amide bonds. The Morgan fingerprint density at radius 2 is 1.68 bits per heavy atom. The van der Waals surface area contributed by atoms with Crippen LogP contribution in [0, 0.1) is 11.8 Å². The molecular weight excluding hydrogens is 242 g/mol. The number of hydrogen-bond acceptors (Lipinski definition) is 2. The Hall–Kier alpha value is -1.06. The van der Waals surface area contributed by atoms with Crippen molar-refractivity contribution < 1.29 is 14.7 Å². The molecule has 1 aliphatic carbocycles. The van der Waals surface area contributed by atoms with E-state index in [1.807, 2.05) is 6.92 Å². The van der Waals surface area contributed by atoms with E-state index in [1.165, 1.54) is 38.5 Å². The zero-order chi connectivity index (χ0) is 14.3. The van der Waals surface area contributed by atoms with Gasteiger partial charge < -0.3 is 10.4 Å². The minimum Gasteiger partial charge on any atom is -0.481 e. The van der Waals surface area contributed by atoms with Gasteiger partial charge in [0.25, 0.3) is 0 Å². The van der Waals surface area contributed by atoms with Crippen molar-refractivity contribution in [3.8, 4) is 0 Å². The average molecular weight is 269 g/mol. The molecule has 1 unspecified atom stereocenters. The topological polar surface area (TPSA) is 66.4 Å². The van der Waals surface area contributed by atoms with Crippen LogP contribution in [0.1, 0.15) is 65.2 Å². The van der Waals surface area contributed by atoms with Gasteiger partial charge in [-0.1, -0.05) is 32.6 Å². The van der Waals surface area contributed by atoms with Gasteiger partial charge in [-0.05, 0) is 31.6 Å². The predicted molar refractivity (Wildman–Crippen MR) is 74.8 cm³/mol. The number of aliphatic carboxylic acids is 1. The van der Waals surface area contributed by atoms with E-state index in [4.69, 9.17) is 5.11 Å². The predicted octanol–water partition coefficient (Wildman–Crippen LogP) is 2.96. The summed E-state index contributed by atoms with van der Waals surface area (Å²) in [4.78, 5) is 22.4. The van der Waals surface area contributed by atoms with Crippen molar-refractivity contribution in [2.45, 2.75) is 71.3 Å². The lowest BCUT2D eigenvalue weighted by molar-refractivity contribution is -0.138. The van der Waals surface area contributed by atoms with Gasteiger partial charge >= 0.3 is 5.97 Å². The smallest absolute Gasteiger partial charge is 0.303 e. The zero-order valence-corrected chi connectivity index (χ0v) is 12.2. The van der Waals surface area contributed by atoms with Crippen LogP contribution in [0.15, 0.2) is 0 Å². The summed E-state index contributed by atoms with van der Waals surface area (Å²) in [5.41, 5.74) is 0. The summed E-state index contributed by atoms with van der Waals surface area (Å²) in [6.07, 6.45) is 7.92. The van der Waals surface area contributed by atoms with E-state index in [-0.39, 0.29) is 24.3 Å². The molecule has 2 atom stereocenters. The molecule has 0 aromatic rings. The summed E-state index contributed by atoms with van der Waals surface area (Å²) < 4.78 is 0. The van der Waals surface area contributed by atoms with Crippen molar-refractivity contribution in [3.63, 3.8) is 0 Å². The third-order valence-electron chi connectivity index (χ3n) is 4.05. The van der Waals surface area contributed by atoms with Gasteiger partial charge in [0.05, 0.1) is 0 Å². The van der Waals surface area contributed by atoms with Gasteiger partial charge in [0.2, 0.25) is 5.91 Å². The van der Waals surface area contributed by atoms with Crippen molar-refractivity contribution in [1.82, 2.24) is 5.32 Å². The number of carbonyl (C=O) groups is 2. The van der Waals surface area contributed by atoms with Gasteiger partial charge in [-0.25, -0.2) is 0 Å². The Kier molecular flexibility index (Phi) is 6.89. The fraction of sp³-hybridized carbons (Fsp3) is 0.867. The van der Waals surface area contributed by atoms with Crippen molar-refractivity contribution in [2.24, 2.45) is 11.8 Å². The first kappa shape index (κ1) is 16.0. The van der Waals surface area contributed by atoms with Crippen LogP contribution in [0.4, 0.5) is 0 Å². The normalized spacial score (nSPS) is 20.3. The van der Waals surface area contributed by atoms with Crippen LogP contribution in [-0.4, -0.2) is 23.0 Å². The van der Waals surface area contributed by atoms with E-state index in [0.717, 1.165) is 0 Å². The SMILES string of the molecule is CC(CC(=O)O)CC(=O)N[C@H](C)C1CCCCCC1. The van der Waals surface area contributed by atoms with E-state index < -0.39 is 5.97 Å². The number of amides is 1. The lowest BCUT2D eigenvalue weighted by atomic mass is 9.92. The average Bonchev–Trinajstić information content (AvgIpc) is 2.55. The molecule has 1 aliphatic rings. The highest BCUT2D eigenvalue weighted by Gasteiger charge is 2.21. The van der Waals surface area contributed by atoms with Gasteiger partial charge in [-0.15, -0.1) is 0 Å².